The number of hydrogen-bond donors (Lipinski definition) is 1. The van der Waals surface area contributed by atoms with Gasteiger partial charge in [0, 0.05) is 36.1 Å². The van der Waals surface area contributed by atoms with Gasteiger partial charge in [-0.3, -0.25) is 4.84 Å². The van der Waals surface area contributed by atoms with Crippen molar-refractivity contribution in [2.75, 3.05) is 19.8 Å². The predicted octanol–water partition coefficient (Wildman–Crippen LogP) is -0.828. The molecule has 0 amide bonds. The van der Waals surface area contributed by atoms with E-state index in [-0.39, 0.29) is 29.6 Å². The molecule has 2 heterocycles. The minimum atomic E-state index is 0. The normalized spacial score (nSPS) is 34.0. The second-order valence-corrected chi connectivity index (χ2v) is 2.31. The summed E-state index contributed by atoms with van der Waals surface area (Å²) in [6, 6.07) is 0.676. The molecule has 1 atom stereocenters. The van der Waals surface area contributed by atoms with Gasteiger partial charge >= 0.3 is 0 Å². The molecule has 4 heteroatoms. The van der Waals surface area contributed by atoms with E-state index < -0.39 is 0 Å². The van der Waals surface area contributed by atoms with E-state index in [0.717, 1.165) is 19.8 Å². The minimum absolute atomic E-state index is 0. The molecule has 2 fully saturated rings. The number of rotatable bonds is 0. The van der Waals surface area contributed by atoms with E-state index >= 15 is 0 Å². The fraction of sp³-hybridized carbons (Fsp3) is 1.00. The summed E-state index contributed by atoms with van der Waals surface area (Å²) in [7, 11) is 0. The van der Waals surface area contributed by atoms with E-state index in [1.807, 2.05) is 5.06 Å². The molecule has 9 heavy (non-hydrogen) atoms. The molecule has 2 aliphatic rings. The first-order valence-corrected chi connectivity index (χ1v) is 3.07. The zero-order valence-corrected chi connectivity index (χ0v) is 7.76. The number of fused-ring (bicyclic) bond motifs is 1. The molecule has 2 rings (SSSR count). The van der Waals surface area contributed by atoms with Gasteiger partial charge in [0.15, 0.2) is 0 Å². The van der Waals surface area contributed by atoms with Crippen molar-refractivity contribution in [1.29, 1.82) is 0 Å². The Hall–Kier alpha value is 0.880. The standard InChI is InChI=1S/C5H10N2O.Na/c1-2-8-7-4-6-3-5(1)7;/h5-6H,1-4H2;. The average molecular weight is 137 g/mol. The van der Waals surface area contributed by atoms with Crippen molar-refractivity contribution in [3.63, 3.8) is 0 Å². The van der Waals surface area contributed by atoms with Crippen LogP contribution in [0.1, 0.15) is 6.42 Å². The summed E-state index contributed by atoms with van der Waals surface area (Å²) in [5.41, 5.74) is 0. The fourth-order valence-electron chi connectivity index (χ4n) is 1.28. The summed E-state index contributed by atoms with van der Waals surface area (Å²) in [6.07, 6.45) is 1.20. The molecule has 1 radical (unpaired) electrons. The number of nitrogens with zero attached hydrogens (tertiary/aromatic N) is 1. The topological polar surface area (TPSA) is 24.5 Å². The predicted molar refractivity (Wildman–Crippen MR) is 34.8 cm³/mol. The molecule has 0 aromatic carbocycles. The van der Waals surface area contributed by atoms with Crippen molar-refractivity contribution >= 4 is 29.6 Å². The van der Waals surface area contributed by atoms with Gasteiger partial charge in [-0.15, -0.1) is 0 Å². The minimum Gasteiger partial charge on any atom is -0.301 e. The second kappa shape index (κ2) is 3.32. The fourth-order valence-corrected chi connectivity index (χ4v) is 1.28. The number of hydroxylamine groups is 2. The Morgan fingerprint density at radius 1 is 1.56 bits per heavy atom. The van der Waals surface area contributed by atoms with Crippen molar-refractivity contribution in [2.45, 2.75) is 12.5 Å². The molecule has 1 unspecified atom stereocenters. The van der Waals surface area contributed by atoms with E-state index in [1.165, 1.54) is 6.42 Å². The average Bonchev–Trinajstić information content (AvgIpc) is 2.15. The molecular formula is C5H10N2NaO. The third-order valence-corrected chi connectivity index (χ3v) is 1.76. The molecule has 0 aromatic heterocycles. The second-order valence-electron chi connectivity index (χ2n) is 2.31. The zero-order valence-electron chi connectivity index (χ0n) is 5.76. The Kier molecular flexibility index (Phi) is 2.95. The summed E-state index contributed by atoms with van der Waals surface area (Å²) in [6.45, 7) is 2.96. The maximum absolute atomic E-state index is 5.25. The molecule has 0 aromatic rings. The van der Waals surface area contributed by atoms with Crippen LogP contribution in [0, 0.1) is 0 Å². The first-order chi connectivity index (χ1) is 3.97. The van der Waals surface area contributed by atoms with Crippen molar-refractivity contribution in [3.05, 3.63) is 0 Å². The van der Waals surface area contributed by atoms with Crippen LogP contribution in [0.2, 0.25) is 0 Å². The van der Waals surface area contributed by atoms with Crippen molar-refractivity contribution in [1.82, 2.24) is 10.4 Å². The Bertz CT molecular complexity index is 81.0. The molecule has 0 saturated carbocycles. The van der Waals surface area contributed by atoms with E-state index in [4.69, 9.17) is 4.84 Å². The van der Waals surface area contributed by atoms with E-state index in [1.54, 1.807) is 0 Å². The quantitative estimate of drug-likeness (QED) is 0.441. The Morgan fingerprint density at radius 3 is 3.22 bits per heavy atom. The maximum atomic E-state index is 5.25. The summed E-state index contributed by atoms with van der Waals surface area (Å²) in [5.74, 6) is 0. The van der Waals surface area contributed by atoms with Crippen LogP contribution in [-0.4, -0.2) is 60.5 Å². The van der Waals surface area contributed by atoms with Crippen LogP contribution in [0.3, 0.4) is 0 Å². The van der Waals surface area contributed by atoms with Gasteiger partial charge in [0.1, 0.15) is 0 Å². The van der Waals surface area contributed by atoms with Gasteiger partial charge in [0.2, 0.25) is 0 Å². The Balaban J connectivity index is 0.000000405. The summed E-state index contributed by atoms with van der Waals surface area (Å²) >= 11 is 0. The number of nitrogens with one attached hydrogen (secondary N) is 1. The van der Waals surface area contributed by atoms with Crippen LogP contribution in [0.5, 0.6) is 0 Å². The molecule has 0 spiro atoms. The van der Waals surface area contributed by atoms with Crippen LogP contribution >= 0.6 is 0 Å². The third kappa shape index (κ3) is 1.48. The first-order valence-electron chi connectivity index (χ1n) is 3.07. The molecule has 1 N–H and O–H groups in total. The van der Waals surface area contributed by atoms with Gasteiger partial charge < -0.3 is 5.32 Å². The van der Waals surface area contributed by atoms with Gasteiger partial charge in [-0.05, 0) is 6.42 Å². The van der Waals surface area contributed by atoms with E-state index in [9.17, 15) is 0 Å². The molecule has 2 saturated heterocycles. The zero-order chi connectivity index (χ0) is 5.40. The molecule has 0 bridgehead atoms. The Morgan fingerprint density at radius 2 is 2.44 bits per heavy atom. The van der Waals surface area contributed by atoms with Crippen LogP contribution in [0.4, 0.5) is 0 Å². The van der Waals surface area contributed by atoms with Crippen molar-refractivity contribution < 1.29 is 4.84 Å². The van der Waals surface area contributed by atoms with Crippen molar-refractivity contribution in [2.24, 2.45) is 0 Å². The maximum Gasteiger partial charge on any atom is 0.0736 e. The SMILES string of the molecule is C1CC2CNCN2O1.[Na]. The van der Waals surface area contributed by atoms with Crippen molar-refractivity contribution in [3.8, 4) is 0 Å². The summed E-state index contributed by atoms with van der Waals surface area (Å²) in [5, 5.41) is 5.25. The Labute approximate surface area is 77.0 Å². The smallest absolute Gasteiger partial charge is 0.0736 e. The van der Waals surface area contributed by atoms with Gasteiger partial charge in [0.05, 0.1) is 19.3 Å². The van der Waals surface area contributed by atoms with Crippen LogP contribution in [0.15, 0.2) is 0 Å². The van der Waals surface area contributed by atoms with Gasteiger partial charge in [0.25, 0.3) is 0 Å². The third-order valence-electron chi connectivity index (χ3n) is 1.76. The van der Waals surface area contributed by atoms with Crippen LogP contribution in [-0.2, 0) is 4.84 Å². The monoisotopic (exact) mass is 137 g/mol. The van der Waals surface area contributed by atoms with E-state index in [0.29, 0.717) is 6.04 Å². The number of hydrogen-bond acceptors (Lipinski definition) is 3. The molecule has 0 aliphatic carbocycles. The first kappa shape index (κ1) is 7.98. The largest absolute Gasteiger partial charge is 0.301 e. The van der Waals surface area contributed by atoms with E-state index in [2.05, 4.69) is 5.32 Å². The molecular weight excluding hydrogens is 127 g/mol. The molecule has 3 nitrogen and oxygen atoms in total. The molecule has 2 aliphatic heterocycles. The van der Waals surface area contributed by atoms with Crippen LogP contribution in [0.25, 0.3) is 0 Å². The van der Waals surface area contributed by atoms with Gasteiger partial charge in [-0.25, -0.2) is 0 Å². The van der Waals surface area contributed by atoms with Crippen LogP contribution < -0.4 is 5.32 Å². The van der Waals surface area contributed by atoms with Gasteiger partial charge in [-0.1, -0.05) is 0 Å². The molecule has 47 valence electrons. The van der Waals surface area contributed by atoms with Gasteiger partial charge in [-0.2, -0.15) is 5.06 Å². The summed E-state index contributed by atoms with van der Waals surface area (Å²) < 4.78 is 0. The summed E-state index contributed by atoms with van der Waals surface area (Å²) in [4.78, 5) is 5.25.